The lowest BCUT2D eigenvalue weighted by atomic mass is 9.71. The van der Waals surface area contributed by atoms with E-state index < -0.39 is 0 Å². The zero-order chi connectivity index (χ0) is 15.0. The van der Waals surface area contributed by atoms with Gasteiger partial charge in [0.2, 0.25) is 0 Å². The van der Waals surface area contributed by atoms with Crippen LogP contribution in [0.25, 0.3) is 0 Å². The second-order valence-electron chi connectivity index (χ2n) is 8.17. The van der Waals surface area contributed by atoms with Gasteiger partial charge < -0.3 is 0 Å². The van der Waals surface area contributed by atoms with Gasteiger partial charge in [-0.15, -0.1) is 0 Å². The number of hydrogen-bond donors (Lipinski definition) is 0. The molecule has 0 N–H and O–H groups in total. The quantitative estimate of drug-likeness (QED) is 0.526. The highest BCUT2D eigenvalue weighted by Crippen LogP contribution is 2.37. The van der Waals surface area contributed by atoms with E-state index in [0.717, 1.165) is 35.5 Å². The Hall–Kier alpha value is 0. The first-order valence-corrected chi connectivity index (χ1v) is 8.73. The molecule has 1 fully saturated rings. The summed E-state index contributed by atoms with van der Waals surface area (Å²) in [6.45, 7) is 18.7. The normalized spacial score (nSPS) is 27.6. The highest BCUT2D eigenvalue weighted by atomic mass is 14.3. The molecular weight excluding hydrogens is 228 g/mol. The van der Waals surface area contributed by atoms with Crippen LogP contribution in [0.4, 0.5) is 0 Å². The molecule has 0 radical (unpaired) electrons. The van der Waals surface area contributed by atoms with Crippen LogP contribution in [0.2, 0.25) is 0 Å². The smallest absolute Gasteiger partial charge is 0.0365 e. The van der Waals surface area contributed by atoms with Gasteiger partial charge in [-0.1, -0.05) is 74.7 Å². The van der Waals surface area contributed by atoms with Crippen molar-refractivity contribution in [2.75, 3.05) is 0 Å². The van der Waals surface area contributed by atoms with Gasteiger partial charge >= 0.3 is 0 Å². The molecule has 3 atom stereocenters. The molecule has 19 heavy (non-hydrogen) atoms. The molecule has 0 heteroatoms. The van der Waals surface area contributed by atoms with Crippen molar-refractivity contribution in [3.05, 3.63) is 0 Å². The summed E-state index contributed by atoms with van der Waals surface area (Å²) in [6, 6.07) is 0. The van der Waals surface area contributed by atoms with Crippen LogP contribution in [-0.4, -0.2) is 0 Å². The van der Waals surface area contributed by atoms with Gasteiger partial charge in [-0.25, -0.2) is 0 Å². The van der Waals surface area contributed by atoms with Gasteiger partial charge in [0.05, 0.1) is 0 Å². The Labute approximate surface area is 123 Å². The van der Waals surface area contributed by atoms with Gasteiger partial charge in [0, 0.05) is 0 Å². The molecule has 0 aromatic carbocycles. The van der Waals surface area contributed by atoms with Crippen molar-refractivity contribution in [3.63, 3.8) is 0 Å². The number of hydrogen-bond acceptors (Lipinski definition) is 0. The van der Waals surface area contributed by atoms with Crippen LogP contribution < -0.4 is 0 Å². The van der Waals surface area contributed by atoms with E-state index in [2.05, 4.69) is 55.4 Å². The van der Waals surface area contributed by atoms with Crippen molar-refractivity contribution in [1.82, 2.24) is 0 Å². The van der Waals surface area contributed by atoms with E-state index in [4.69, 9.17) is 0 Å². The molecule has 1 aliphatic carbocycles. The third kappa shape index (κ3) is 9.52. The lowest BCUT2D eigenvalue weighted by molar-refractivity contribution is 0.158. The molecule has 3 unspecified atom stereocenters. The van der Waals surface area contributed by atoms with Gasteiger partial charge in [-0.05, 0) is 48.3 Å². The predicted octanol–water partition coefficient (Wildman–Crippen LogP) is 6.79. The fourth-order valence-corrected chi connectivity index (χ4v) is 3.35. The zero-order valence-corrected chi connectivity index (χ0v) is 15.0. The Balaban J connectivity index is 0.000000362. The lowest BCUT2D eigenvalue weighted by Gasteiger charge is -2.35. The van der Waals surface area contributed by atoms with Gasteiger partial charge in [0.25, 0.3) is 0 Å². The Kier molecular flexibility index (Phi) is 9.83. The fourth-order valence-electron chi connectivity index (χ4n) is 3.35. The Morgan fingerprint density at radius 3 is 1.58 bits per heavy atom. The summed E-state index contributed by atoms with van der Waals surface area (Å²) in [4.78, 5) is 0. The molecule has 0 heterocycles. The summed E-state index contributed by atoms with van der Waals surface area (Å²) in [5.74, 6) is 5.64. The van der Waals surface area contributed by atoms with Crippen LogP contribution in [0, 0.1) is 35.5 Å². The van der Waals surface area contributed by atoms with Crippen molar-refractivity contribution < 1.29 is 0 Å². The highest BCUT2D eigenvalue weighted by molar-refractivity contribution is 4.77. The molecule has 0 aliphatic heterocycles. The van der Waals surface area contributed by atoms with E-state index in [1.807, 2.05) is 0 Å². The Bertz CT molecular complexity index is 194. The summed E-state index contributed by atoms with van der Waals surface area (Å²) in [5, 5.41) is 0. The van der Waals surface area contributed by atoms with Crippen LogP contribution >= 0.6 is 0 Å². The van der Waals surface area contributed by atoms with Crippen LogP contribution in [0.3, 0.4) is 0 Å². The minimum Gasteiger partial charge on any atom is -0.0628 e. The second-order valence-corrected chi connectivity index (χ2v) is 8.17. The molecule has 0 nitrogen and oxygen atoms in total. The lowest BCUT2D eigenvalue weighted by Crippen LogP contribution is -2.25. The van der Waals surface area contributed by atoms with E-state index in [-0.39, 0.29) is 0 Å². The first-order valence-electron chi connectivity index (χ1n) is 8.73. The minimum absolute atomic E-state index is 0.886. The SMILES string of the molecule is CC(C)CCC(C)C.CC1CCC(C(C)C)C(C)C1. The molecule has 1 rings (SSSR count). The molecule has 1 aliphatic rings. The van der Waals surface area contributed by atoms with Crippen LogP contribution in [0.1, 0.15) is 87.5 Å². The van der Waals surface area contributed by atoms with Crippen molar-refractivity contribution in [3.8, 4) is 0 Å². The van der Waals surface area contributed by atoms with Gasteiger partial charge in [-0.3, -0.25) is 0 Å². The monoisotopic (exact) mass is 268 g/mol. The molecule has 0 bridgehead atoms. The maximum atomic E-state index is 2.43. The summed E-state index contributed by atoms with van der Waals surface area (Å²) in [5.41, 5.74) is 0. The Morgan fingerprint density at radius 2 is 1.26 bits per heavy atom. The van der Waals surface area contributed by atoms with Crippen LogP contribution in [0.15, 0.2) is 0 Å². The molecule has 116 valence electrons. The van der Waals surface area contributed by atoms with Crippen molar-refractivity contribution in [2.45, 2.75) is 87.5 Å². The first-order chi connectivity index (χ1) is 8.73. The van der Waals surface area contributed by atoms with Crippen LogP contribution in [0.5, 0.6) is 0 Å². The topological polar surface area (TPSA) is 0 Å². The summed E-state index contributed by atoms with van der Waals surface area (Å²) in [7, 11) is 0. The summed E-state index contributed by atoms with van der Waals surface area (Å²) in [6.07, 6.45) is 7.17. The van der Waals surface area contributed by atoms with Gasteiger partial charge in [-0.2, -0.15) is 0 Å². The zero-order valence-electron chi connectivity index (χ0n) is 15.0. The predicted molar refractivity (Wildman–Crippen MR) is 89.4 cm³/mol. The van der Waals surface area contributed by atoms with E-state index in [1.165, 1.54) is 32.1 Å². The molecule has 0 aromatic rings. The Morgan fingerprint density at radius 1 is 0.789 bits per heavy atom. The van der Waals surface area contributed by atoms with Crippen LogP contribution in [-0.2, 0) is 0 Å². The maximum absolute atomic E-state index is 2.43. The fraction of sp³-hybridized carbons (Fsp3) is 1.00. The maximum Gasteiger partial charge on any atom is -0.0365 e. The van der Waals surface area contributed by atoms with E-state index in [0.29, 0.717) is 0 Å². The highest BCUT2D eigenvalue weighted by Gasteiger charge is 2.26. The molecule has 0 saturated heterocycles. The average Bonchev–Trinajstić information content (AvgIpc) is 2.26. The average molecular weight is 269 g/mol. The largest absolute Gasteiger partial charge is 0.0628 e. The molecule has 1 saturated carbocycles. The van der Waals surface area contributed by atoms with Gasteiger partial charge in [0.1, 0.15) is 0 Å². The minimum atomic E-state index is 0.886. The summed E-state index contributed by atoms with van der Waals surface area (Å²) < 4.78 is 0. The van der Waals surface area contributed by atoms with Gasteiger partial charge in [0.15, 0.2) is 0 Å². The molecule has 0 aromatic heterocycles. The summed E-state index contributed by atoms with van der Waals surface area (Å²) >= 11 is 0. The molecule has 0 amide bonds. The van der Waals surface area contributed by atoms with E-state index in [9.17, 15) is 0 Å². The molecular formula is C19H40. The van der Waals surface area contributed by atoms with E-state index >= 15 is 0 Å². The molecule has 0 spiro atoms. The van der Waals surface area contributed by atoms with E-state index in [1.54, 1.807) is 0 Å². The third-order valence-corrected chi connectivity index (χ3v) is 4.68. The third-order valence-electron chi connectivity index (χ3n) is 4.68. The van der Waals surface area contributed by atoms with Crippen molar-refractivity contribution in [2.24, 2.45) is 35.5 Å². The second kappa shape index (κ2) is 9.83. The van der Waals surface area contributed by atoms with Crippen molar-refractivity contribution >= 4 is 0 Å². The first kappa shape index (κ1) is 19.0. The number of rotatable bonds is 4. The van der Waals surface area contributed by atoms with Crippen molar-refractivity contribution in [1.29, 1.82) is 0 Å². The standard InChI is InChI=1S/C11H22.C8H18/c1-8(2)11-6-5-9(3)7-10(11)4;1-7(2)5-6-8(3)4/h8-11H,5-7H2,1-4H3;7-8H,5-6H2,1-4H3.